The average Bonchev–Trinajstić information content (AvgIpc) is 2.61. The smallest absolute Gasteiger partial charge is 0.0954 e. The van der Waals surface area contributed by atoms with Crippen LogP contribution in [0.2, 0.25) is 0 Å². The molecule has 1 rings (SSSR count). The maximum absolute atomic E-state index is 4.52. The Balaban J connectivity index is 2.38. The molecule has 76 valence electrons. The van der Waals surface area contributed by atoms with Crippen molar-refractivity contribution in [2.24, 2.45) is 0 Å². The molecule has 0 saturated heterocycles. The summed E-state index contributed by atoms with van der Waals surface area (Å²) in [5, 5.41) is 6.55. The van der Waals surface area contributed by atoms with Gasteiger partial charge in [0, 0.05) is 17.8 Å². The molecular formula is C11H16N2S. The molecule has 1 heterocycles. The first kappa shape index (κ1) is 11.2. The molecule has 14 heavy (non-hydrogen) atoms. The number of aromatic nitrogens is 1. The Hall–Kier alpha value is -0.850. The Labute approximate surface area is 89.8 Å². The molecule has 0 aliphatic carbocycles. The highest BCUT2D eigenvalue weighted by molar-refractivity contribution is 7.09. The lowest BCUT2D eigenvalue weighted by atomic mass is 10.2. The summed E-state index contributed by atoms with van der Waals surface area (Å²) in [6, 6.07) is 0. The topological polar surface area (TPSA) is 24.9 Å². The van der Waals surface area contributed by atoms with E-state index in [9.17, 15) is 0 Å². The highest BCUT2D eigenvalue weighted by Gasteiger charge is 2.04. The van der Waals surface area contributed by atoms with Crippen molar-refractivity contribution in [3.05, 3.63) is 16.1 Å². The number of hydrogen-bond acceptors (Lipinski definition) is 3. The lowest BCUT2D eigenvalue weighted by Gasteiger charge is -1.97. The summed E-state index contributed by atoms with van der Waals surface area (Å²) in [6.45, 7) is 7.74. The van der Waals surface area contributed by atoms with Gasteiger partial charge in [0.05, 0.1) is 17.2 Å². The van der Waals surface area contributed by atoms with Crippen LogP contribution in [0.3, 0.4) is 0 Å². The molecule has 1 N–H and O–H groups in total. The Morgan fingerprint density at radius 3 is 2.93 bits per heavy atom. The summed E-state index contributed by atoms with van der Waals surface area (Å²) < 4.78 is 0. The minimum atomic E-state index is 0.532. The lowest BCUT2D eigenvalue weighted by molar-refractivity contribution is 0.742. The fraction of sp³-hybridized carbons (Fsp3) is 0.545. The molecule has 0 spiro atoms. The quantitative estimate of drug-likeness (QED) is 0.607. The average molecular weight is 208 g/mol. The highest BCUT2D eigenvalue weighted by Crippen LogP contribution is 2.18. The highest BCUT2D eigenvalue weighted by atomic mass is 32.1. The second-order valence-electron chi connectivity index (χ2n) is 3.36. The van der Waals surface area contributed by atoms with Crippen LogP contribution < -0.4 is 5.32 Å². The molecule has 0 aromatic carbocycles. The standard InChI is InChI=1S/C11H16N2S/c1-4-5-6-12-7-10-8-14-11(13-10)9(2)3/h8-9,12H,6-7H2,1-3H3. The van der Waals surface area contributed by atoms with Crippen LogP contribution in [0.1, 0.15) is 37.4 Å². The summed E-state index contributed by atoms with van der Waals surface area (Å²) in [7, 11) is 0. The van der Waals surface area contributed by atoms with Crippen LogP contribution in [0.5, 0.6) is 0 Å². The molecule has 0 unspecified atom stereocenters. The van der Waals surface area contributed by atoms with Gasteiger partial charge in [-0.15, -0.1) is 17.3 Å². The summed E-state index contributed by atoms with van der Waals surface area (Å²) in [5.41, 5.74) is 1.12. The van der Waals surface area contributed by atoms with Crippen LogP contribution in [0.25, 0.3) is 0 Å². The minimum absolute atomic E-state index is 0.532. The number of thiazole rings is 1. The molecule has 1 aromatic rings. The molecule has 0 aliphatic rings. The van der Waals surface area contributed by atoms with Crippen molar-refractivity contribution in [3.8, 4) is 11.8 Å². The molecule has 0 amide bonds. The number of nitrogens with one attached hydrogen (secondary N) is 1. The van der Waals surface area contributed by atoms with Crippen LogP contribution in [-0.2, 0) is 6.54 Å². The molecular weight excluding hydrogens is 192 g/mol. The van der Waals surface area contributed by atoms with E-state index < -0.39 is 0 Å². The van der Waals surface area contributed by atoms with Crippen molar-refractivity contribution >= 4 is 11.3 Å². The third-order valence-electron chi connectivity index (χ3n) is 1.76. The first-order chi connectivity index (χ1) is 6.74. The molecule has 2 nitrogen and oxygen atoms in total. The van der Waals surface area contributed by atoms with E-state index in [-0.39, 0.29) is 0 Å². The van der Waals surface area contributed by atoms with Gasteiger partial charge in [-0.1, -0.05) is 19.8 Å². The van der Waals surface area contributed by atoms with Crippen LogP contribution in [0.4, 0.5) is 0 Å². The van der Waals surface area contributed by atoms with E-state index >= 15 is 0 Å². The molecule has 1 aromatic heterocycles. The van der Waals surface area contributed by atoms with Crippen molar-refractivity contribution in [1.29, 1.82) is 0 Å². The van der Waals surface area contributed by atoms with Gasteiger partial charge < -0.3 is 5.32 Å². The van der Waals surface area contributed by atoms with Crippen LogP contribution in [-0.4, -0.2) is 11.5 Å². The summed E-state index contributed by atoms with van der Waals surface area (Å²) in [6.07, 6.45) is 0. The van der Waals surface area contributed by atoms with Gasteiger partial charge >= 0.3 is 0 Å². The van der Waals surface area contributed by atoms with E-state index in [4.69, 9.17) is 0 Å². The molecule has 0 fully saturated rings. The van der Waals surface area contributed by atoms with Gasteiger partial charge in [-0.3, -0.25) is 0 Å². The summed E-state index contributed by atoms with van der Waals surface area (Å²) in [5.74, 6) is 6.34. The van der Waals surface area contributed by atoms with Gasteiger partial charge in [0.1, 0.15) is 0 Å². The lowest BCUT2D eigenvalue weighted by Crippen LogP contribution is -2.13. The van der Waals surface area contributed by atoms with Gasteiger partial charge in [0.25, 0.3) is 0 Å². The maximum atomic E-state index is 4.52. The van der Waals surface area contributed by atoms with Crippen molar-refractivity contribution in [2.45, 2.75) is 33.2 Å². The second-order valence-corrected chi connectivity index (χ2v) is 4.25. The number of hydrogen-bond donors (Lipinski definition) is 1. The molecule has 3 heteroatoms. The van der Waals surface area contributed by atoms with E-state index in [1.165, 1.54) is 5.01 Å². The zero-order valence-corrected chi connectivity index (χ0v) is 9.74. The minimum Gasteiger partial charge on any atom is -0.301 e. The van der Waals surface area contributed by atoms with Crippen molar-refractivity contribution in [3.63, 3.8) is 0 Å². The molecule has 0 aliphatic heterocycles. The van der Waals surface area contributed by atoms with Gasteiger partial charge in [-0.05, 0) is 6.92 Å². The number of rotatable bonds is 4. The summed E-state index contributed by atoms with van der Waals surface area (Å²) >= 11 is 1.73. The molecule has 0 saturated carbocycles. The van der Waals surface area contributed by atoms with E-state index in [0.29, 0.717) is 5.92 Å². The van der Waals surface area contributed by atoms with Gasteiger partial charge in [0.15, 0.2) is 0 Å². The third kappa shape index (κ3) is 3.49. The zero-order valence-electron chi connectivity index (χ0n) is 8.92. The monoisotopic (exact) mass is 208 g/mol. The first-order valence-corrected chi connectivity index (χ1v) is 5.66. The zero-order chi connectivity index (χ0) is 10.4. The van der Waals surface area contributed by atoms with Crippen molar-refractivity contribution in [2.75, 3.05) is 6.54 Å². The Kier molecular flexibility index (Phi) is 4.64. The fourth-order valence-electron chi connectivity index (χ4n) is 1.01. The van der Waals surface area contributed by atoms with Gasteiger partial charge in [0.2, 0.25) is 0 Å². The second kappa shape index (κ2) is 5.79. The first-order valence-electron chi connectivity index (χ1n) is 4.78. The predicted molar refractivity (Wildman–Crippen MR) is 61.4 cm³/mol. The van der Waals surface area contributed by atoms with Crippen LogP contribution in [0.15, 0.2) is 5.38 Å². The predicted octanol–water partition coefficient (Wildman–Crippen LogP) is 2.38. The largest absolute Gasteiger partial charge is 0.301 e. The third-order valence-corrected chi connectivity index (χ3v) is 2.95. The Bertz CT molecular complexity index is 331. The molecule has 0 atom stereocenters. The normalized spacial score (nSPS) is 10.0. The SMILES string of the molecule is CC#CCNCc1csc(C(C)C)n1. The van der Waals surface area contributed by atoms with Crippen LogP contribution >= 0.6 is 11.3 Å². The van der Waals surface area contributed by atoms with E-state index in [1.54, 1.807) is 11.3 Å². The number of nitrogens with zero attached hydrogens (tertiary/aromatic N) is 1. The fourth-order valence-corrected chi connectivity index (χ4v) is 1.85. The Morgan fingerprint density at radius 1 is 1.57 bits per heavy atom. The van der Waals surface area contributed by atoms with E-state index in [0.717, 1.165) is 18.8 Å². The van der Waals surface area contributed by atoms with Crippen molar-refractivity contribution < 1.29 is 0 Å². The van der Waals surface area contributed by atoms with Gasteiger partial charge in [-0.2, -0.15) is 0 Å². The molecule has 0 radical (unpaired) electrons. The van der Waals surface area contributed by atoms with Crippen molar-refractivity contribution in [1.82, 2.24) is 10.3 Å². The maximum Gasteiger partial charge on any atom is 0.0954 e. The van der Waals surface area contributed by atoms with E-state index in [2.05, 4.69) is 41.4 Å². The molecule has 0 bridgehead atoms. The van der Waals surface area contributed by atoms with Crippen LogP contribution in [0, 0.1) is 11.8 Å². The van der Waals surface area contributed by atoms with Gasteiger partial charge in [-0.25, -0.2) is 4.98 Å². The van der Waals surface area contributed by atoms with E-state index in [1.807, 2.05) is 6.92 Å². The Morgan fingerprint density at radius 2 is 2.36 bits per heavy atom. The summed E-state index contributed by atoms with van der Waals surface area (Å²) in [4.78, 5) is 4.52.